The fourth-order valence-corrected chi connectivity index (χ4v) is 9.40. The molecule has 1 aliphatic heterocycles. The van der Waals surface area contributed by atoms with E-state index in [0.29, 0.717) is 6.29 Å². The zero-order chi connectivity index (χ0) is 27.5. The molecule has 202 valence electrons. The topological polar surface area (TPSA) is 83.1 Å². The summed E-state index contributed by atoms with van der Waals surface area (Å²) < 4.78 is 24.6. The van der Waals surface area contributed by atoms with Gasteiger partial charge in [0.2, 0.25) is 0 Å². The van der Waals surface area contributed by atoms with Gasteiger partial charge in [-0.3, -0.25) is 0 Å². The Bertz CT molecular complexity index is 1020. The normalized spacial score (nSPS) is 22.2. The smallest absolute Gasteiger partial charge is 0.408 e. The van der Waals surface area contributed by atoms with Crippen molar-refractivity contribution in [3.05, 3.63) is 60.7 Å². The Morgan fingerprint density at radius 3 is 1.95 bits per heavy atom. The number of hydrogen-bond donors (Lipinski definition) is 1. The van der Waals surface area contributed by atoms with E-state index in [1.807, 2.05) is 36.4 Å². The lowest BCUT2D eigenvalue weighted by molar-refractivity contribution is -0.294. The minimum Gasteiger partial charge on any atom is -0.444 e. The lowest BCUT2D eigenvalue weighted by Gasteiger charge is -2.50. The van der Waals surface area contributed by atoms with Crippen LogP contribution in [0.15, 0.2) is 60.7 Å². The number of carbonyl (C=O) groups excluding carboxylic acids is 2. The van der Waals surface area contributed by atoms with Crippen LogP contribution in [0.3, 0.4) is 0 Å². The van der Waals surface area contributed by atoms with Crippen LogP contribution in [0.1, 0.15) is 55.4 Å². The second-order valence-electron chi connectivity index (χ2n) is 12.1. The van der Waals surface area contributed by atoms with Crippen LogP contribution in [0.5, 0.6) is 0 Å². The predicted molar refractivity (Wildman–Crippen MR) is 147 cm³/mol. The van der Waals surface area contributed by atoms with Crippen LogP contribution < -0.4 is 15.7 Å². The maximum Gasteiger partial charge on any atom is 0.408 e. The predicted octanol–water partition coefficient (Wildman–Crippen LogP) is 4.18. The van der Waals surface area contributed by atoms with Crippen molar-refractivity contribution in [3.8, 4) is 0 Å². The van der Waals surface area contributed by atoms with Crippen LogP contribution in [-0.2, 0) is 23.4 Å². The Balaban J connectivity index is 2.11. The third-order valence-corrected chi connectivity index (χ3v) is 11.5. The van der Waals surface area contributed by atoms with Crippen molar-refractivity contribution in [1.29, 1.82) is 0 Å². The third kappa shape index (κ3) is 6.49. The Morgan fingerprint density at radius 1 is 1.00 bits per heavy atom. The van der Waals surface area contributed by atoms with Gasteiger partial charge in [-0.15, -0.1) is 0 Å². The molecule has 2 atom stereocenters. The Labute approximate surface area is 222 Å². The van der Waals surface area contributed by atoms with Crippen LogP contribution in [0.25, 0.3) is 0 Å². The average Bonchev–Trinajstić information content (AvgIpc) is 2.80. The van der Waals surface area contributed by atoms with Crippen LogP contribution in [-0.4, -0.2) is 56.9 Å². The second kappa shape index (κ2) is 10.7. The van der Waals surface area contributed by atoms with Gasteiger partial charge in [0.15, 0.2) is 12.1 Å². The molecule has 0 aromatic heterocycles. The Morgan fingerprint density at radius 2 is 1.51 bits per heavy atom. The summed E-state index contributed by atoms with van der Waals surface area (Å²) in [5.41, 5.74) is -2.02. The molecule has 1 heterocycles. The van der Waals surface area contributed by atoms with E-state index < -0.39 is 37.4 Å². The Kier molecular flexibility index (Phi) is 8.39. The minimum absolute atomic E-state index is 0.0147. The summed E-state index contributed by atoms with van der Waals surface area (Å²) in [7, 11) is -2.98. The molecule has 7 nitrogen and oxygen atoms in total. The molecule has 3 rings (SSSR count). The summed E-state index contributed by atoms with van der Waals surface area (Å²) in [6, 6.07) is 20.4. The van der Waals surface area contributed by atoms with E-state index in [-0.39, 0.29) is 18.3 Å². The summed E-state index contributed by atoms with van der Waals surface area (Å²) >= 11 is 0. The highest BCUT2D eigenvalue weighted by atomic mass is 28.4. The average molecular weight is 528 g/mol. The fraction of sp³-hybridized carbons (Fsp3) is 0.517. The standard InChI is InChI=1S/C29H41NO6Si/c1-26(2,3)36-25(32)30-29(20-33-28(7,8)35-24(29)19-31)21-34-37(27(4,5)6,22-15-11-9-12-16-22)23-17-13-10-14-18-23/h9-19,24H,20-21H2,1-8H3,(H,30,32)/t24-,29+/m0/s1. The van der Waals surface area contributed by atoms with Crippen molar-refractivity contribution in [2.45, 2.75) is 83.5 Å². The molecule has 2 aromatic rings. The molecule has 0 bridgehead atoms. The summed E-state index contributed by atoms with van der Waals surface area (Å²) in [5, 5.41) is 4.78. The van der Waals surface area contributed by atoms with Gasteiger partial charge >= 0.3 is 6.09 Å². The molecule has 8 heteroatoms. The lowest BCUT2D eigenvalue weighted by Crippen LogP contribution is -2.73. The first-order valence-electron chi connectivity index (χ1n) is 12.7. The van der Waals surface area contributed by atoms with Gasteiger partial charge in [0, 0.05) is 0 Å². The van der Waals surface area contributed by atoms with Crippen LogP contribution in [0.4, 0.5) is 4.79 Å². The summed E-state index contributed by atoms with van der Waals surface area (Å²) in [5.74, 6) is -0.998. The molecular formula is C29H41NO6Si. The van der Waals surface area contributed by atoms with Crippen molar-refractivity contribution in [3.63, 3.8) is 0 Å². The van der Waals surface area contributed by atoms with Gasteiger partial charge in [-0.1, -0.05) is 81.4 Å². The van der Waals surface area contributed by atoms with E-state index in [9.17, 15) is 9.59 Å². The number of hydrogen-bond acceptors (Lipinski definition) is 6. The quantitative estimate of drug-likeness (QED) is 0.430. The zero-order valence-corrected chi connectivity index (χ0v) is 24.3. The van der Waals surface area contributed by atoms with Gasteiger partial charge in [-0.25, -0.2) is 4.79 Å². The molecule has 0 unspecified atom stereocenters. The molecule has 0 saturated carbocycles. The monoisotopic (exact) mass is 527 g/mol. The molecular weight excluding hydrogens is 486 g/mol. The van der Waals surface area contributed by atoms with Crippen LogP contribution >= 0.6 is 0 Å². The molecule has 0 radical (unpaired) electrons. The number of ether oxygens (including phenoxy) is 3. The first-order valence-corrected chi connectivity index (χ1v) is 14.6. The van der Waals surface area contributed by atoms with Crippen molar-refractivity contribution in [2.24, 2.45) is 0 Å². The van der Waals surface area contributed by atoms with Crippen molar-refractivity contribution in [2.75, 3.05) is 13.2 Å². The van der Waals surface area contributed by atoms with E-state index in [4.69, 9.17) is 18.6 Å². The van der Waals surface area contributed by atoms with Crippen LogP contribution in [0.2, 0.25) is 5.04 Å². The number of alkyl carbamates (subject to hydrolysis) is 1. The van der Waals surface area contributed by atoms with E-state index in [0.717, 1.165) is 10.4 Å². The highest BCUT2D eigenvalue weighted by Gasteiger charge is 2.55. The maximum atomic E-state index is 13.0. The molecule has 0 aliphatic carbocycles. The summed E-state index contributed by atoms with van der Waals surface area (Å²) in [4.78, 5) is 25.4. The molecule has 2 aromatic carbocycles. The molecule has 1 amide bonds. The van der Waals surface area contributed by atoms with Gasteiger partial charge in [0.05, 0.1) is 13.2 Å². The van der Waals surface area contributed by atoms with Gasteiger partial charge < -0.3 is 28.7 Å². The number of amides is 1. The second-order valence-corrected chi connectivity index (χ2v) is 16.4. The van der Waals surface area contributed by atoms with Crippen molar-refractivity contribution < 1.29 is 28.2 Å². The maximum absolute atomic E-state index is 13.0. The molecule has 1 saturated heterocycles. The number of nitrogens with one attached hydrogen (secondary N) is 1. The van der Waals surface area contributed by atoms with E-state index in [1.165, 1.54) is 0 Å². The number of benzene rings is 2. The first-order chi connectivity index (χ1) is 17.1. The Hall–Kier alpha value is -2.52. The molecule has 1 fully saturated rings. The lowest BCUT2D eigenvalue weighted by atomic mass is 9.93. The van der Waals surface area contributed by atoms with E-state index in [2.05, 4.69) is 50.4 Å². The molecule has 37 heavy (non-hydrogen) atoms. The number of carbonyl (C=O) groups is 2. The van der Waals surface area contributed by atoms with Gasteiger partial charge in [0.25, 0.3) is 8.32 Å². The van der Waals surface area contributed by atoms with Gasteiger partial charge in [-0.2, -0.15) is 0 Å². The summed E-state index contributed by atoms with van der Waals surface area (Å²) in [6.07, 6.45) is -0.976. The van der Waals surface area contributed by atoms with Crippen molar-refractivity contribution >= 4 is 31.1 Å². The fourth-order valence-electron chi connectivity index (χ4n) is 4.77. The highest BCUT2D eigenvalue weighted by molar-refractivity contribution is 6.99. The summed E-state index contributed by atoms with van der Waals surface area (Å²) in [6.45, 7) is 15.3. The molecule has 1 N–H and O–H groups in total. The minimum atomic E-state index is -2.98. The van der Waals surface area contributed by atoms with Gasteiger partial charge in [-0.05, 0) is 50.0 Å². The zero-order valence-electron chi connectivity index (χ0n) is 23.3. The largest absolute Gasteiger partial charge is 0.444 e. The number of aldehydes is 1. The SMILES string of the molecule is CC(C)(C)OC(=O)N[C@@]1(CO[Si](c2ccccc2)(c2ccccc2)C(C)(C)C)COC(C)(C)O[C@H]1C=O. The van der Waals surface area contributed by atoms with E-state index in [1.54, 1.807) is 34.6 Å². The van der Waals surface area contributed by atoms with Gasteiger partial charge in [0.1, 0.15) is 17.2 Å². The van der Waals surface area contributed by atoms with E-state index >= 15 is 0 Å². The highest BCUT2D eigenvalue weighted by Crippen LogP contribution is 2.38. The number of rotatable bonds is 7. The first kappa shape index (κ1) is 29.0. The molecule has 0 spiro atoms. The van der Waals surface area contributed by atoms with Crippen LogP contribution in [0, 0.1) is 0 Å². The third-order valence-electron chi connectivity index (χ3n) is 6.47. The molecule has 1 aliphatic rings. The van der Waals surface area contributed by atoms with Crippen molar-refractivity contribution in [1.82, 2.24) is 5.32 Å².